The van der Waals surface area contributed by atoms with Crippen LogP contribution in [0.1, 0.15) is 39.1 Å². The van der Waals surface area contributed by atoms with Crippen LogP contribution in [0.4, 0.5) is 0 Å². The van der Waals surface area contributed by atoms with Crippen LogP contribution in [0.15, 0.2) is 41.4 Å². The van der Waals surface area contributed by atoms with E-state index >= 15 is 0 Å². The van der Waals surface area contributed by atoms with Gasteiger partial charge in [0.1, 0.15) is 12.0 Å². The Bertz CT molecular complexity index is 839. The molecule has 7 nitrogen and oxygen atoms in total. The van der Waals surface area contributed by atoms with E-state index in [1.54, 1.807) is 19.6 Å². The summed E-state index contributed by atoms with van der Waals surface area (Å²) in [6, 6.07) is 5.92. The minimum atomic E-state index is -1.19. The average Bonchev–Trinajstić information content (AvgIpc) is 3.24. The SMILES string of the molecule is COc1c(C)cccc1C(Cc1coc(C(=O)O)n1)c1cnc[nH]1. The zero-order valence-electron chi connectivity index (χ0n) is 13.3. The van der Waals surface area contributed by atoms with Gasteiger partial charge in [-0.15, -0.1) is 0 Å². The van der Waals surface area contributed by atoms with Gasteiger partial charge >= 0.3 is 11.9 Å². The molecule has 3 rings (SSSR count). The van der Waals surface area contributed by atoms with Gasteiger partial charge in [0.2, 0.25) is 0 Å². The van der Waals surface area contributed by atoms with Gasteiger partial charge in [-0.25, -0.2) is 14.8 Å². The normalized spacial score (nSPS) is 12.1. The summed E-state index contributed by atoms with van der Waals surface area (Å²) >= 11 is 0. The number of nitrogens with zero attached hydrogens (tertiary/aromatic N) is 2. The van der Waals surface area contributed by atoms with Gasteiger partial charge in [-0.1, -0.05) is 18.2 Å². The monoisotopic (exact) mass is 327 g/mol. The molecule has 2 N–H and O–H groups in total. The molecule has 24 heavy (non-hydrogen) atoms. The van der Waals surface area contributed by atoms with Crippen molar-refractivity contribution >= 4 is 5.97 Å². The predicted molar refractivity (Wildman–Crippen MR) is 85.3 cm³/mol. The third-order valence-corrected chi connectivity index (χ3v) is 3.86. The predicted octanol–water partition coefficient (Wildman–Crippen LogP) is 2.79. The molecular formula is C17H17N3O4. The fourth-order valence-corrected chi connectivity index (χ4v) is 2.78. The topological polar surface area (TPSA) is 101 Å². The average molecular weight is 327 g/mol. The number of imidazole rings is 1. The second kappa shape index (κ2) is 6.57. The lowest BCUT2D eigenvalue weighted by Gasteiger charge is -2.19. The number of carboxylic acids is 1. The number of H-pyrrole nitrogens is 1. The standard InChI is InChI=1S/C17H17N3O4/c1-10-4-3-5-12(15(10)23-2)13(14-7-18-9-19-14)6-11-8-24-16(20-11)17(21)22/h3-5,7-9,13H,6H2,1-2H3,(H,18,19)(H,21,22). The number of aromatic nitrogens is 3. The second-order valence-electron chi connectivity index (χ2n) is 5.41. The molecule has 0 amide bonds. The van der Waals surface area contributed by atoms with Gasteiger partial charge in [0, 0.05) is 29.8 Å². The lowest BCUT2D eigenvalue weighted by atomic mass is 9.90. The Morgan fingerprint density at radius 1 is 1.46 bits per heavy atom. The van der Waals surface area contributed by atoms with E-state index in [0.29, 0.717) is 12.1 Å². The van der Waals surface area contributed by atoms with Crippen LogP contribution in [0.5, 0.6) is 5.75 Å². The fourth-order valence-electron chi connectivity index (χ4n) is 2.78. The highest BCUT2D eigenvalue weighted by atomic mass is 16.5. The van der Waals surface area contributed by atoms with Crippen LogP contribution in [0.3, 0.4) is 0 Å². The van der Waals surface area contributed by atoms with Crippen LogP contribution in [-0.4, -0.2) is 33.1 Å². The first kappa shape index (κ1) is 15.8. The lowest BCUT2D eigenvalue weighted by molar-refractivity contribution is 0.0653. The number of rotatable bonds is 6. The van der Waals surface area contributed by atoms with Crippen molar-refractivity contribution in [2.45, 2.75) is 19.3 Å². The number of oxazole rings is 1. The van der Waals surface area contributed by atoms with E-state index in [1.807, 2.05) is 25.1 Å². The van der Waals surface area contributed by atoms with Crippen molar-refractivity contribution in [2.75, 3.05) is 7.11 Å². The largest absolute Gasteiger partial charge is 0.496 e. The van der Waals surface area contributed by atoms with E-state index in [9.17, 15) is 4.79 Å². The second-order valence-corrected chi connectivity index (χ2v) is 5.41. The summed E-state index contributed by atoms with van der Waals surface area (Å²) in [5, 5.41) is 8.96. The number of benzene rings is 1. The molecule has 0 aliphatic rings. The first-order valence-corrected chi connectivity index (χ1v) is 7.39. The maximum absolute atomic E-state index is 11.0. The summed E-state index contributed by atoms with van der Waals surface area (Å²) in [6.45, 7) is 1.98. The molecule has 2 aromatic heterocycles. The molecule has 3 aromatic rings. The molecule has 0 saturated carbocycles. The Labute approximate surface area is 138 Å². The lowest BCUT2D eigenvalue weighted by Crippen LogP contribution is -2.09. The minimum absolute atomic E-state index is 0.117. The highest BCUT2D eigenvalue weighted by molar-refractivity contribution is 5.82. The molecule has 0 aliphatic heterocycles. The molecule has 1 unspecified atom stereocenters. The van der Waals surface area contributed by atoms with Crippen molar-refractivity contribution in [2.24, 2.45) is 0 Å². The molecule has 0 saturated heterocycles. The number of carbonyl (C=O) groups is 1. The van der Waals surface area contributed by atoms with Crippen molar-refractivity contribution < 1.29 is 19.1 Å². The van der Waals surface area contributed by atoms with Crippen molar-refractivity contribution in [3.05, 3.63) is 65.4 Å². The molecule has 2 heterocycles. The molecule has 0 aliphatic carbocycles. The molecule has 1 aromatic carbocycles. The van der Waals surface area contributed by atoms with E-state index in [1.165, 1.54) is 6.26 Å². The smallest absolute Gasteiger partial charge is 0.392 e. The maximum Gasteiger partial charge on any atom is 0.392 e. The van der Waals surface area contributed by atoms with Gasteiger partial charge in [0.15, 0.2) is 0 Å². The van der Waals surface area contributed by atoms with E-state index in [4.69, 9.17) is 14.3 Å². The number of hydrogen-bond acceptors (Lipinski definition) is 5. The fraction of sp³-hybridized carbons (Fsp3) is 0.235. The zero-order valence-corrected chi connectivity index (χ0v) is 13.3. The van der Waals surface area contributed by atoms with Gasteiger partial charge in [-0.3, -0.25) is 0 Å². The van der Waals surface area contributed by atoms with E-state index in [-0.39, 0.29) is 11.8 Å². The van der Waals surface area contributed by atoms with Crippen molar-refractivity contribution in [1.82, 2.24) is 15.0 Å². The van der Waals surface area contributed by atoms with Crippen LogP contribution in [-0.2, 0) is 6.42 Å². The molecule has 0 radical (unpaired) electrons. The third-order valence-electron chi connectivity index (χ3n) is 3.86. The molecular weight excluding hydrogens is 310 g/mol. The highest BCUT2D eigenvalue weighted by Gasteiger charge is 2.23. The number of nitrogens with one attached hydrogen (secondary N) is 1. The Hall–Kier alpha value is -3.09. The van der Waals surface area contributed by atoms with Gasteiger partial charge in [-0.05, 0) is 12.5 Å². The van der Waals surface area contributed by atoms with Crippen molar-refractivity contribution in [3.63, 3.8) is 0 Å². The minimum Gasteiger partial charge on any atom is -0.496 e. The van der Waals surface area contributed by atoms with Crippen molar-refractivity contribution in [3.8, 4) is 5.75 Å². The van der Waals surface area contributed by atoms with E-state index in [0.717, 1.165) is 22.6 Å². The summed E-state index contributed by atoms with van der Waals surface area (Å²) in [5.41, 5.74) is 3.43. The zero-order chi connectivity index (χ0) is 17.1. The first-order valence-electron chi connectivity index (χ1n) is 7.39. The molecule has 0 spiro atoms. The number of hydrogen-bond donors (Lipinski definition) is 2. The van der Waals surface area contributed by atoms with Crippen LogP contribution in [0.25, 0.3) is 0 Å². The van der Waals surface area contributed by atoms with Gasteiger partial charge < -0.3 is 19.2 Å². The Balaban J connectivity index is 2.01. The van der Waals surface area contributed by atoms with Crippen LogP contribution < -0.4 is 4.74 Å². The summed E-state index contributed by atoms with van der Waals surface area (Å²) in [4.78, 5) is 22.2. The highest BCUT2D eigenvalue weighted by Crippen LogP contribution is 2.35. The van der Waals surface area contributed by atoms with Crippen molar-refractivity contribution in [1.29, 1.82) is 0 Å². The number of aromatic amines is 1. The third kappa shape index (κ3) is 3.01. The quantitative estimate of drug-likeness (QED) is 0.722. The molecule has 124 valence electrons. The van der Waals surface area contributed by atoms with E-state index < -0.39 is 5.97 Å². The van der Waals surface area contributed by atoms with Crippen LogP contribution in [0.2, 0.25) is 0 Å². The number of ether oxygens (including phenoxy) is 1. The Morgan fingerprint density at radius 2 is 2.29 bits per heavy atom. The van der Waals surface area contributed by atoms with Gasteiger partial charge in [0.05, 0.1) is 19.1 Å². The molecule has 0 fully saturated rings. The summed E-state index contributed by atoms with van der Waals surface area (Å²) in [6.07, 6.45) is 5.18. The number of methoxy groups -OCH3 is 1. The number of aryl methyl sites for hydroxylation is 1. The van der Waals surface area contributed by atoms with E-state index in [2.05, 4.69) is 15.0 Å². The molecule has 7 heteroatoms. The van der Waals surface area contributed by atoms with Gasteiger partial charge in [-0.2, -0.15) is 0 Å². The molecule has 0 bridgehead atoms. The molecule has 1 atom stereocenters. The summed E-state index contributed by atoms with van der Waals surface area (Å²) in [5.74, 6) is -0.829. The number of carboxylic acid groups (broad SMARTS) is 1. The number of aromatic carboxylic acids is 1. The van der Waals surface area contributed by atoms with Gasteiger partial charge in [0.25, 0.3) is 0 Å². The number of para-hydroxylation sites is 1. The Kier molecular flexibility index (Phi) is 4.33. The van der Waals surface area contributed by atoms with Crippen LogP contribution in [0, 0.1) is 6.92 Å². The first-order chi connectivity index (χ1) is 11.6. The summed E-state index contributed by atoms with van der Waals surface area (Å²) in [7, 11) is 1.63. The summed E-state index contributed by atoms with van der Waals surface area (Å²) < 4.78 is 10.6. The Morgan fingerprint density at radius 3 is 2.92 bits per heavy atom. The maximum atomic E-state index is 11.0. The van der Waals surface area contributed by atoms with Crippen LogP contribution >= 0.6 is 0 Å².